The largest absolute Gasteiger partial charge is 0.391 e. The number of thiazole rings is 1. The van der Waals surface area contributed by atoms with Crippen LogP contribution in [0, 0.1) is 0 Å². The second-order valence-electron chi connectivity index (χ2n) is 2.46. The summed E-state index contributed by atoms with van der Waals surface area (Å²) >= 11 is 1.46. The van der Waals surface area contributed by atoms with E-state index in [-0.39, 0.29) is 17.1 Å². The first kappa shape index (κ1) is 11.5. The van der Waals surface area contributed by atoms with Gasteiger partial charge in [0.1, 0.15) is 0 Å². The second kappa shape index (κ2) is 6.83. The van der Waals surface area contributed by atoms with Crippen LogP contribution in [0.25, 0.3) is 0 Å². The Morgan fingerprint density at radius 2 is 2.64 bits per heavy atom. The molecule has 0 amide bonds. The lowest BCUT2D eigenvalue weighted by atomic mass is 10.6. The van der Waals surface area contributed by atoms with Crippen LogP contribution in [0.5, 0.6) is 0 Å². The van der Waals surface area contributed by atoms with Gasteiger partial charge in [0, 0.05) is 23.5 Å². The summed E-state index contributed by atoms with van der Waals surface area (Å²) in [6.07, 6.45) is 1.66. The molecule has 78 valence electrons. The maximum absolute atomic E-state index is 9.95. The zero-order valence-corrected chi connectivity index (χ0v) is 9.18. The first-order valence-corrected chi connectivity index (χ1v) is 6.43. The van der Waals surface area contributed by atoms with Crippen molar-refractivity contribution in [3.8, 4) is 0 Å². The average molecular weight is 232 g/mol. The van der Waals surface area contributed by atoms with Crippen molar-refractivity contribution >= 4 is 32.8 Å². The number of aliphatic hydroxyl groups is 1. The van der Waals surface area contributed by atoms with Crippen LogP contribution in [0.3, 0.4) is 0 Å². The summed E-state index contributed by atoms with van der Waals surface area (Å²) in [6.45, 7) is 1.02. The van der Waals surface area contributed by atoms with E-state index in [0.29, 0.717) is 0 Å². The molecule has 6 heteroatoms. The summed E-state index contributed by atoms with van der Waals surface area (Å²) in [5, 5.41) is 13.5. The van der Waals surface area contributed by atoms with Crippen LogP contribution in [0.15, 0.2) is 11.7 Å². The quantitative estimate of drug-likeness (QED) is 0.574. The fourth-order valence-electron chi connectivity index (χ4n) is 0.795. The summed E-state index contributed by atoms with van der Waals surface area (Å²) in [4.78, 5) is 14.6. The average Bonchev–Trinajstić information content (AvgIpc) is 2.92. The van der Waals surface area contributed by atoms with E-state index < -0.39 is 0 Å². The molecule has 0 radical (unpaired) electrons. The Morgan fingerprint density at radius 1 is 1.79 bits per heavy atom. The number of hydrogen-bond acceptors (Lipinski definition) is 5. The third kappa shape index (κ3) is 4.10. The predicted molar refractivity (Wildman–Crippen MR) is 61.3 cm³/mol. The third-order valence-electron chi connectivity index (χ3n) is 1.47. The number of carbonyl (C=O) groups is 1. The first-order chi connectivity index (χ1) is 6.86. The van der Waals surface area contributed by atoms with E-state index in [0.717, 1.165) is 22.9 Å². The van der Waals surface area contributed by atoms with Crippen molar-refractivity contribution < 1.29 is 9.90 Å². The molecule has 0 aromatic carbocycles. The van der Waals surface area contributed by atoms with Gasteiger partial charge in [-0.2, -0.15) is 0 Å². The first-order valence-electron chi connectivity index (χ1n) is 4.03. The van der Waals surface area contributed by atoms with Crippen LogP contribution in [0.4, 0.5) is 0 Å². The fraction of sp³-hybridized carbons (Fsp3) is 0.375. The minimum absolute atomic E-state index is 0.0509. The molecule has 1 aromatic heterocycles. The number of aliphatic hydroxyl groups excluding tert-OH is 1. The standard InChI is InChI=1S/C4H5NOS.C4H7NOS/c6-2-4-1-5-3-7-4;6-4-7-2-1-5-3-7/h1,3,6H,2H2;2,4-5H,1,3H2. The van der Waals surface area contributed by atoms with Gasteiger partial charge in [-0.25, -0.2) is 0 Å². The van der Waals surface area contributed by atoms with Gasteiger partial charge in [-0.15, -0.1) is 21.8 Å². The Balaban J connectivity index is 0.000000140. The lowest BCUT2D eigenvalue weighted by Crippen LogP contribution is -2.06. The number of hydrogen-bond donors (Lipinski definition) is 2. The van der Waals surface area contributed by atoms with Gasteiger partial charge in [0.25, 0.3) is 0 Å². The number of aromatic nitrogens is 1. The highest BCUT2D eigenvalue weighted by atomic mass is 32.2. The lowest BCUT2D eigenvalue weighted by Gasteiger charge is -1.84. The molecule has 14 heavy (non-hydrogen) atoms. The van der Waals surface area contributed by atoms with Crippen LogP contribution in [-0.4, -0.2) is 33.5 Å². The molecule has 2 heterocycles. The molecule has 0 spiro atoms. The van der Waals surface area contributed by atoms with Crippen molar-refractivity contribution in [3.63, 3.8) is 0 Å². The molecule has 4 nitrogen and oxygen atoms in total. The minimum atomic E-state index is -0.0509. The Morgan fingerprint density at radius 3 is 2.93 bits per heavy atom. The van der Waals surface area contributed by atoms with E-state index in [9.17, 15) is 4.79 Å². The maximum atomic E-state index is 9.95. The molecule has 1 atom stereocenters. The van der Waals surface area contributed by atoms with E-state index >= 15 is 0 Å². The lowest BCUT2D eigenvalue weighted by molar-refractivity contribution is 0.285. The zero-order valence-electron chi connectivity index (χ0n) is 7.55. The molecule has 0 fully saturated rings. The van der Waals surface area contributed by atoms with Crippen molar-refractivity contribution in [2.75, 3.05) is 12.4 Å². The minimum Gasteiger partial charge on any atom is -0.391 e. The van der Waals surface area contributed by atoms with E-state index in [1.54, 1.807) is 11.7 Å². The fourth-order valence-corrected chi connectivity index (χ4v) is 2.20. The van der Waals surface area contributed by atoms with Crippen molar-refractivity contribution in [2.24, 2.45) is 0 Å². The normalized spacial score (nSPS) is 19.4. The molecular formula is C8H12N2O2S2. The van der Waals surface area contributed by atoms with Crippen LogP contribution in [0.2, 0.25) is 0 Å². The summed E-state index contributed by atoms with van der Waals surface area (Å²) < 4.78 is 0. The highest BCUT2D eigenvalue weighted by Gasteiger charge is 1.96. The van der Waals surface area contributed by atoms with Crippen LogP contribution in [-0.2, 0) is 11.4 Å². The van der Waals surface area contributed by atoms with Gasteiger partial charge < -0.3 is 10.4 Å². The smallest absolute Gasteiger partial charge is 0.171 e. The molecule has 2 rings (SSSR count). The van der Waals surface area contributed by atoms with E-state index in [1.807, 2.05) is 5.37 Å². The number of nitrogens with one attached hydrogen (secondary N) is 1. The molecule has 2 N–H and O–H groups in total. The third-order valence-corrected chi connectivity index (χ3v) is 3.62. The molecule has 1 aliphatic heterocycles. The summed E-state index contributed by atoms with van der Waals surface area (Å²) in [6, 6.07) is 0. The van der Waals surface area contributed by atoms with Gasteiger partial charge in [0.2, 0.25) is 0 Å². The van der Waals surface area contributed by atoms with Gasteiger partial charge in [-0.1, -0.05) is 0 Å². The second-order valence-corrected chi connectivity index (χ2v) is 5.18. The van der Waals surface area contributed by atoms with E-state index in [1.165, 1.54) is 11.3 Å². The van der Waals surface area contributed by atoms with Crippen molar-refractivity contribution in [1.29, 1.82) is 0 Å². The number of rotatable bonds is 2. The molecule has 1 aromatic rings. The predicted octanol–water partition coefficient (Wildman–Crippen LogP) is 0.444. The van der Waals surface area contributed by atoms with Crippen molar-refractivity contribution in [1.82, 2.24) is 10.3 Å². The van der Waals surface area contributed by atoms with Gasteiger partial charge in [-0.3, -0.25) is 9.78 Å². The molecule has 0 saturated carbocycles. The molecule has 1 unspecified atom stereocenters. The number of carbonyl (C=O) groups excluding carboxylic acids is 1. The molecule has 1 aliphatic rings. The Hall–Kier alpha value is -0.560. The van der Waals surface area contributed by atoms with E-state index in [4.69, 9.17) is 5.11 Å². The highest BCUT2D eigenvalue weighted by Crippen LogP contribution is 2.05. The van der Waals surface area contributed by atoms with Gasteiger partial charge in [0.15, 0.2) is 5.62 Å². The number of nitrogens with zero attached hydrogens (tertiary/aromatic N) is 1. The summed E-state index contributed by atoms with van der Waals surface area (Å²) in [5.41, 5.74) is 2.70. The van der Waals surface area contributed by atoms with Gasteiger partial charge in [-0.05, 0) is 5.37 Å². The molecule has 0 bridgehead atoms. The van der Waals surface area contributed by atoms with Crippen LogP contribution >= 0.6 is 21.8 Å². The van der Waals surface area contributed by atoms with Crippen LogP contribution < -0.4 is 5.32 Å². The van der Waals surface area contributed by atoms with Crippen molar-refractivity contribution in [2.45, 2.75) is 6.61 Å². The Labute approximate surface area is 88.9 Å². The van der Waals surface area contributed by atoms with Gasteiger partial charge in [0.05, 0.1) is 12.1 Å². The highest BCUT2D eigenvalue weighted by molar-refractivity contribution is 8.26. The molecular weight excluding hydrogens is 220 g/mol. The summed E-state index contributed by atoms with van der Waals surface area (Å²) in [5.74, 6) is 0.865. The van der Waals surface area contributed by atoms with E-state index in [2.05, 4.69) is 10.3 Å². The van der Waals surface area contributed by atoms with Gasteiger partial charge >= 0.3 is 0 Å². The Bertz CT molecular complexity index is 298. The molecule has 0 aliphatic carbocycles. The maximum Gasteiger partial charge on any atom is 0.171 e. The summed E-state index contributed by atoms with van der Waals surface area (Å²) in [7, 11) is -0.0509. The Kier molecular flexibility index (Phi) is 5.62. The molecule has 0 saturated heterocycles. The van der Waals surface area contributed by atoms with Crippen molar-refractivity contribution in [3.05, 3.63) is 16.6 Å². The zero-order chi connectivity index (χ0) is 10.2. The SMILES string of the molecule is O=CS1=CCNC1.OCc1cncs1. The monoisotopic (exact) mass is 232 g/mol. The van der Waals surface area contributed by atoms with Crippen LogP contribution in [0.1, 0.15) is 4.88 Å². The topological polar surface area (TPSA) is 62.2 Å².